The number of anilines is 1. The van der Waals surface area contributed by atoms with Gasteiger partial charge in [-0.15, -0.1) is 5.10 Å². The van der Waals surface area contributed by atoms with Gasteiger partial charge >= 0.3 is 5.97 Å². The molecule has 35 heavy (non-hydrogen) atoms. The molecule has 2 aromatic heterocycles. The standard InChI is InChI=1S/C24H28N8O3/c1-16-18(2-3-19-20(16)13-35-22(19)34)21(33)12-30-7-4-24(14-30)5-8-31(9-6-24)23-25-10-17(11-26-23)32-15-27-28-29-32/h2-3,10-11,15,21,33H,4-9,12-14H2,1H3. The largest absolute Gasteiger partial charge is 0.457 e. The van der Waals surface area contributed by atoms with Crippen LogP contribution < -0.4 is 4.90 Å². The lowest BCUT2D eigenvalue weighted by Crippen LogP contribution is -2.42. The summed E-state index contributed by atoms with van der Waals surface area (Å²) in [5, 5.41) is 22.2. The summed E-state index contributed by atoms with van der Waals surface area (Å²) in [6.45, 7) is 6.67. The fourth-order valence-electron chi connectivity index (χ4n) is 5.72. The summed E-state index contributed by atoms with van der Waals surface area (Å²) in [5.74, 6) is 0.460. The van der Waals surface area contributed by atoms with E-state index in [0.717, 1.165) is 73.8 Å². The maximum absolute atomic E-state index is 11.8. The highest BCUT2D eigenvalue weighted by atomic mass is 16.5. The molecule has 182 valence electrons. The van der Waals surface area contributed by atoms with Gasteiger partial charge in [0.05, 0.1) is 24.1 Å². The number of carbonyl (C=O) groups is 1. The highest BCUT2D eigenvalue weighted by Crippen LogP contribution is 2.41. The van der Waals surface area contributed by atoms with E-state index in [9.17, 15) is 9.90 Å². The zero-order chi connectivity index (χ0) is 24.0. The van der Waals surface area contributed by atoms with Crippen LogP contribution in [-0.4, -0.2) is 78.9 Å². The molecule has 0 amide bonds. The van der Waals surface area contributed by atoms with Crippen molar-refractivity contribution in [3.05, 3.63) is 53.1 Å². The van der Waals surface area contributed by atoms with Crippen molar-refractivity contribution in [3.8, 4) is 5.69 Å². The van der Waals surface area contributed by atoms with Crippen molar-refractivity contribution in [2.75, 3.05) is 37.6 Å². The van der Waals surface area contributed by atoms with Crippen molar-refractivity contribution in [1.82, 2.24) is 35.1 Å². The Kier molecular flexibility index (Phi) is 5.45. The van der Waals surface area contributed by atoms with Crippen molar-refractivity contribution in [3.63, 3.8) is 0 Å². The molecule has 11 heteroatoms. The SMILES string of the molecule is Cc1c(C(O)CN2CCC3(CCN(c4ncc(-n5cnnn5)cn4)CC3)C2)ccc2c1COC2=O. The topological polar surface area (TPSA) is 122 Å². The van der Waals surface area contributed by atoms with Crippen LogP contribution in [-0.2, 0) is 11.3 Å². The smallest absolute Gasteiger partial charge is 0.338 e. The monoisotopic (exact) mass is 476 g/mol. The third-order valence-corrected chi connectivity index (χ3v) is 7.86. The Balaban J connectivity index is 1.06. The molecule has 1 aromatic carbocycles. The van der Waals surface area contributed by atoms with Crippen molar-refractivity contribution in [2.45, 2.75) is 38.9 Å². The normalized spacial score (nSPS) is 20.3. The summed E-state index contributed by atoms with van der Waals surface area (Å²) in [6.07, 6.45) is 7.71. The molecule has 0 saturated carbocycles. The molecule has 1 atom stereocenters. The second kappa shape index (κ2) is 8.65. The van der Waals surface area contributed by atoms with Crippen molar-refractivity contribution in [1.29, 1.82) is 0 Å². The minimum atomic E-state index is -0.585. The zero-order valence-corrected chi connectivity index (χ0v) is 19.7. The first kappa shape index (κ1) is 22.1. The van der Waals surface area contributed by atoms with E-state index in [4.69, 9.17) is 4.74 Å². The maximum atomic E-state index is 11.8. The number of fused-ring (bicyclic) bond motifs is 1. The third-order valence-electron chi connectivity index (χ3n) is 7.86. The van der Waals surface area contributed by atoms with E-state index >= 15 is 0 Å². The summed E-state index contributed by atoms with van der Waals surface area (Å²) >= 11 is 0. The molecule has 2 saturated heterocycles. The van der Waals surface area contributed by atoms with Gasteiger partial charge in [0.2, 0.25) is 5.95 Å². The first-order valence-corrected chi connectivity index (χ1v) is 12.0. The van der Waals surface area contributed by atoms with Gasteiger partial charge in [-0.25, -0.2) is 14.8 Å². The van der Waals surface area contributed by atoms with Gasteiger partial charge in [-0.3, -0.25) is 4.90 Å². The Labute approximate surface area is 202 Å². The first-order valence-electron chi connectivity index (χ1n) is 12.0. The van der Waals surface area contributed by atoms with Gasteiger partial charge in [-0.05, 0) is 65.8 Å². The highest BCUT2D eigenvalue weighted by Gasteiger charge is 2.41. The summed E-state index contributed by atoms with van der Waals surface area (Å²) < 4.78 is 6.69. The van der Waals surface area contributed by atoms with Crippen molar-refractivity contribution in [2.24, 2.45) is 5.41 Å². The Morgan fingerprint density at radius 3 is 2.66 bits per heavy atom. The molecule has 11 nitrogen and oxygen atoms in total. The molecule has 0 radical (unpaired) electrons. The van der Waals surface area contributed by atoms with E-state index in [2.05, 4.69) is 35.3 Å². The number of β-amino-alcohol motifs (C(OH)–C–C–N with tert-alkyl or cyclic N) is 1. The fraction of sp³-hybridized carbons (Fsp3) is 0.500. The number of carbonyl (C=O) groups excluding carboxylic acids is 1. The number of aliphatic hydroxyl groups is 1. The van der Waals surface area contributed by atoms with Crippen molar-refractivity contribution >= 4 is 11.9 Å². The molecule has 0 aliphatic carbocycles. The average molecular weight is 477 g/mol. The molecular formula is C24H28N8O3. The molecule has 2 fully saturated rings. The molecule has 3 aliphatic rings. The minimum absolute atomic E-state index is 0.272. The summed E-state index contributed by atoms with van der Waals surface area (Å²) in [4.78, 5) is 25.5. The summed E-state index contributed by atoms with van der Waals surface area (Å²) in [7, 11) is 0. The number of benzene rings is 1. The number of ether oxygens (including phenoxy) is 1. The van der Waals surface area contributed by atoms with Crippen LogP contribution in [0.1, 0.15) is 52.4 Å². The molecule has 0 bridgehead atoms. The number of esters is 1. The van der Waals surface area contributed by atoms with Crippen LogP contribution in [0, 0.1) is 12.3 Å². The van der Waals surface area contributed by atoms with Gasteiger partial charge in [-0.1, -0.05) is 6.07 Å². The average Bonchev–Trinajstić information content (AvgIpc) is 3.62. The first-order chi connectivity index (χ1) is 17.0. The van der Waals surface area contributed by atoms with E-state index in [1.807, 2.05) is 13.0 Å². The zero-order valence-electron chi connectivity index (χ0n) is 19.7. The Morgan fingerprint density at radius 2 is 1.91 bits per heavy atom. The van der Waals surface area contributed by atoms with Crippen LogP contribution in [0.15, 0.2) is 30.9 Å². The predicted molar refractivity (Wildman–Crippen MR) is 125 cm³/mol. The van der Waals surface area contributed by atoms with Gasteiger partial charge < -0.3 is 14.7 Å². The number of nitrogens with zero attached hydrogens (tertiary/aromatic N) is 8. The van der Waals surface area contributed by atoms with Crippen molar-refractivity contribution < 1.29 is 14.6 Å². The molecule has 1 unspecified atom stereocenters. The number of aliphatic hydroxyl groups excluding tert-OH is 1. The van der Waals surface area contributed by atoms with Crippen LogP contribution >= 0.6 is 0 Å². The second-order valence-electron chi connectivity index (χ2n) is 9.87. The van der Waals surface area contributed by atoms with Crippen LogP contribution in [0.4, 0.5) is 5.95 Å². The van der Waals surface area contributed by atoms with E-state index in [-0.39, 0.29) is 11.4 Å². The van der Waals surface area contributed by atoms with Crippen LogP contribution in [0.25, 0.3) is 5.69 Å². The van der Waals surface area contributed by atoms with E-state index in [1.165, 1.54) is 11.0 Å². The molecule has 3 aromatic rings. The molecule has 6 rings (SSSR count). The number of tetrazole rings is 1. The molecule has 3 aliphatic heterocycles. The van der Waals surface area contributed by atoms with E-state index in [1.54, 1.807) is 18.5 Å². The lowest BCUT2D eigenvalue weighted by atomic mass is 9.78. The van der Waals surface area contributed by atoms with Gasteiger partial charge in [0.15, 0.2) is 0 Å². The minimum Gasteiger partial charge on any atom is -0.457 e. The number of aromatic nitrogens is 6. The van der Waals surface area contributed by atoms with E-state index in [0.29, 0.717) is 18.7 Å². The summed E-state index contributed by atoms with van der Waals surface area (Å²) in [5.41, 5.74) is 4.39. The highest BCUT2D eigenvalue weighted by molar-refractivity contribution is 5.93. The predicted octanol–water partition coefficient (Wildman–Crippen LogP) is 1.46. The third kappa shape index (κ3) is 4.04. The van der Waals surface area contributed by atoms with E-state index < -0.39 is 6.10 Å². The number of hydrogen-bond acceptors (Lipinski definition) is 10. The second-order valence-corrected chi connectivity index (χ2v) is 9.87. The fourth-order valence-corrected chi connectivity index (χ4v) is 5.72. The quantitative estimate of drug-likeness (QED) is 0.542. The van der Waals surface area contributed by atoms with Crippen LogP contribution in [0.2, 0.25) is 0 Å². The number of hydrogen-bond donors (Lipinski definition) is 1. The van der Waals surface area contributed by atoms with Gasteiger partial charge in [0.1, 0.15) is 18.6 Å². The van der Waals surface area contributed by atoms with Gasteiger partial charge in [0.25, 0.3) is 0 Å². The lowest BCUT2D eigenvalue weighted by Gasteiger charge is -2.39. The summed E-state index contributed by atoms with van der Waals surface area (Å²) in [6, 6.07) is 3.66. The Morgan fingerprint density at radius 1 is 1.14 bits per heavy atom. The molecule has 5 heterocycles. The lowest BCUT2D eigenvalue weighted by molar-refractivity contribution is 0.0535. The van der Waals surface area contributed by atoms with Gasteiger partial charge in [-0.2, -0.15) is 4.68 Å². The molecular weight excluding hydrogens is 448 g/mol. The van der Waals surface area contributed by atoms with Crippen LogP contribution in [0.3, 0.4) is 0 Å². The number of piperidine rings is 1. The number of likely N-dealkylation sites (tertiary alicyclic amines) is 1. The Hall–Kier alpha value is -3.44. The number of rotatable bonds is 5. The van der Waals surface area contributed by atoms with Gasteiger partial charge in [0, 0.05) is 31.7 Å². The molecule has 1 N–H and O–H groups in total. The Bertz CT molecular complexity index is 1220. The molecule has 1 spiro atoms. The maximum Gasteiger partial charge on any atom is 0.338 e. The number of cyclic esters (lactones) is 1. The van der Waals surface area contributed by atoms with Crippen LogP contribution in [0.5, 0.6) is 0 Å².